The second-order valence-corrected chi connectivity index (χ2v) is 19.6. The lowest BCUT2D eigenvalue weighted by Crippen LogP contribution is -2.30. The van der Waals surface area contributed by atoms with Gasteiger partial charge in [-0.2, -0.15) is 0 Å². The van der Waals surface area contributed by atoms with Gasteiger partial charge in [-0.1, -0.05) is 251 Å². The van der Waals surface area contributed by atoms with E-state index >= 15 is 0 Å². The smallest absolute Gasteiger partial charge is 0.306 e. The molecule has 0 rings (SSSR count). The van der Waals surface area contributed by atoms with Crippen LogP contribution in [0.1, 0.15) is 316 Å². The van der Waals surface area contributed by atoms with Gasteiger partial charge in [0.2, 0.25) is 0 Å². The third-order valence-electron chi connectivity index (χ3n) is 12.9. The summed E-state index contributed by atoms with van der Waals surface area (Å²) >= 11 is 0. The van der Waals surface area contributed by atoms with Crippen molar-refractivity contribution in [2.75, 3.05) is 13.2 Å². The molecule has 0 aliphatic heterocycles. The Hall–Kier alpha value is -2.11. The van der Waals surface area contributed by atoms with E-state index in [2.05, 4.69) is 45.1 Å². The molecule has 0 heterocycles. The van der Waals surface area contributed by atoms with E-state index in [-0.39, 0.29) is 31.1 Å². The lowest BCUT2D eigenvalue weighted by Gasteiger charge is -2.18. The molecule has 65 heavy (non-hydrogen) atoms. The molecule has 0 aliphatic rings. The first kappa shape index (κ1) is 62.9. The van der Waals surface area contributed by atoms with E-state index in [9.17, 15) is 14.4 Å². The van der Waals surface area contributed by atoms with Crippen molar-refractivity contribution in [1.29, 1.82) is 0 Å². The molecule has 0 spiro atoms. The van der Waals surface area contributed by atoms with Gasteiger partial charge < -0.3 is 14.2 Å². The number of esters is 3. The molecule has 0 saturated carbocycles. The lowest BCUT2D eigenvalue weighted by atomic mass is 10.0. The third kappa shape index (κ3) is 52.7. The molecule has 0 aliphatic carbocycles. The molecule has 1 unspecified atom stereocenters. The number of rotatable bonds is 53. The fourth-order valence-electron chi connectivity index (χ4n) is 8.55. The van der Waals surface area contributed by atoms with E-state index in [0.29, 0.717) is 19.3 Å². The Morgan fingerprint density at radius 1 is 0.292 bits per heavy atom. The predicted octanol–water partition coefficient (Wildman–Crippen LogP) is 19.1. The van der Waals surface area contributed by atoms with Crippen LogP contribution in [-0.2, 0) is 28.6 Å². The fraction of sp³-hybridized carbons (Fsp3) is 0.881. The minimum Gasteiger partial charge on any atom is -0.462 e. The summed E-state index contributed by atoms with van der Waals surface area (Å²) in [5, 5.41) is 0. The molecule has 0 radical (unpaired) electrons. The van der Waals surface area contributed by atoms with E-state index in [1.807, 2.05) is 0 Å². The number of hydrogen-bond acceptors (Lipinski definition) is 6. The highest BCUT2D eigenvalue weighted by atomic mass is 16.6. The summed E-state index contributed by atoms with van der Waals surface area (Å²) in [5.74, 6) is -0.875. The van der Waals surface area contributed by atoms with Gasteiger partial charge in [-0.15, -0.1) is 0 Å². The number of allylic oxidation sites excluding steroid dienone is 4. The van der Waals surface area contributed by atoms with Crippen molar-refractivity contribution in [3.63, 3.8) is 0 Å². The van der Waals surface area contributed by atoms with Gasteiger partial charge >= 0.3 is 17.9 Å². The van der Waals surface area contributed by atoms with Crippen molar-refractivity contribution in [2.24, 2.45) is 0 Å². The van der Waals surface area contributed by atoms with E-state index in [4.69, 9.17) is 14.2 Å². The van der Waals surface area contributed by atoms with Gasteiger partial charge in [0, 0.05) is 19.3 Å². The van der Waals surface area contributed by atoms with Crippen LogP contribution < -0.4 is 0 Å². The Balaban J connectivity index is 4.33. The van der Waals surface area contributed by atoms with Crippen LogP contribution in [0, 0.1) is 0 Å². The summed E-state index contributed by atoms with van der Waals surface area (Å²) in [4.78, 5) is 38.1. The summed E-state index contributed by atoms with van der Waals surface area (Å²) < 4.78 is 16.9. The van der Waals surface area contributed by atoms with E-state index in [0.717, 1.165) is 64.2 Å². The Kier molecular flexibility index (Phi) is 52.7. The van der Waals surface area contributed by atoms with E-state index < -0.39 is 6.10 Å². The molecule has 0 aromatic heterocycles. The minimum absolute atomic E-state index is 0.0733. The van der Waals surface area contributed by atoms with Crippen LogP contribution in [0.25, 0.3) is 0 Å². The van der Waals surface area contributed by atoms with Crippen molar-refractivity contribution < 1.29 is 28.6 Å². The van der Waals surface area contributed by atoms with Crippen LogP contribution in [0.5, 0.6) is 0 Å². The second kappa shape index (κ2) is 54.5. The molecule has 1 atom stereocenters. The number of carbonyl (C=O) groups is 3. The maximum Gasteiger partial charge on any atom is 0.306 e. The van der Waals surface area contributed by atoms with Crippen molar-refractivity contribution >= 4 is 17.9 Å². The quantitative estimate of drug-likeness (QED) is 0.0262. The molecule has 0 fully saturated rings. The SMILES string of the molecule is CCCCCC/C=C\CCCCCCCCCC(=O)OC(COC(=O)CCCCC/C=C\CCCCCCCCC)COC(=O)CCCCCCCCCCCCCCCCCCCC. The first-order valence-electron chi connectivity index (χ1n) is 28.8. The minimum atomic E-state index is -0.775. The fourth-order valence-corrected chi connectivity index (χ4v) is 8.55. The summed E-state index contributed by atoms with van der Waals surface area (Å²) in [6.07, 6.45) is 63.1. The zero-order valence-corrected chi connectivity index (χ0v) is 43.8. The van der Waals surface area contributed by atoms with Crippen LogP contribution in [0.2, 0.25) is 0 Å². The first-order valence-corrected chi connectivity index (χ1v) is 28.8. The molecule has 0 amide bonds. The molecule has 0 saturated heterocycles. The average molecular weight is 916 g/mol. The van der Waals surface area contributed by atoms with E-state index in [1.165, 1.54) is 212 Å². The monoisotopic (exact) mass is 915 g/mol. The highest BCUT2D eigenvalue weighted by Gasteiger charge is 2.19. The lowest BCUT2D eigenvalue weighted by molar-refractivity contribution is -0.167. The number of carbonyl (C=O) groups excluding carboxylic acids is 3. The average Bonchev–Trinajstić information content (AvgIpc) is 3.30. The molecule has 382 valence electrons. The van der Waals surface area contributed by atoms with Gasteiger partial charge in [0.05, 0.1) is 0 Å². The Labute approximate surface area is 404 Å². The van der Waals surface area contributed by atoms with Gasteiger partial charge in [-0.3, -0.25) is 14.4 Å². The van der Waals surface area contributed by atoms with Gasteiger partial charge in [0.25, 0.3) is 0 Å². The molecule has 0 aromatic carbocycles. The van der Waals surface area contributed by atoms with Crippen molar-refractivity contribution in [1.82, 2.24) is 0 Å². The first-order chi connectivity index (χ1) is 32.0. The molecule has 6 nitrogen and oxygen atoms in total. The summed E-state index contributed by atoms with van der Waals surface area (Å²) in [6.45, 7) is 6.65. The predicted molar refractivity (Wildman–Crippen MR) is 279 cm³/mol. The largest absolute Gasteiger partial charge is 0.462 e. The zero-order valence-electron chi connectivity index (χ0n) is 43.8. The molecular weight excluding hydrogens is 805 g/mol. The van der Waals surface area contributed by atoms with Gasteiger partial charge in [0.1, 0.15) is 13.2 Å². The summed E-state index contributed by atoms with van der Waals surface area (Å²) in [7, 11) is 0. The van der Waals surface area contributed by atoms with Crippen molar-refractivity contribution in [3.05, 3.63) is 24.3 Å². The Bertz CT molecular complexity index is 1050. The molecule has 6 heteroatoms. The van der Waals surface area contributed by atoms with Gasteiger partial charge in [-0.05, 0) is 70.6 Å². The van der Waals surface area contributed by atoms with Gasteiger partial charge in [0.15, 0.2) is 6.10 Å². The Morgan fingerprint density at radius 3 is 0.800 bits per heavy atom. The molecular formula is C59H110O6. The number of unbranched alkanes of at least 4 members (excludes halogenated alkanes) is 38. The van der Waals surface area contributed by atoms with Crippen molar-refractivity contribution in [3.8, 4) is 0 Å². The maximum absolute atomic E-state index is 12.8. The van der Waals surface area contributed by atoms with E-state index in [1.54, 1.807) is 0 Å². The maximum atomic E-state index is 12.8. The van der Waals surface area contributed by atoms with Crippen LogP contribution >= 0.6 is 0 Å². The molecule has 0 N–H and O–H groups in total. The topological polar surface area (TPSA) is 78.9 Å². The summed E-state index contributed by atoms with van der Waals surface area (Å²) in [6, 6.07) is 0. The highest BCUT2D eigenvalue weighted by Crippen LogP contribution is 2.17. The van der Waals surface area contributed by atoms with Crippen LogP contribution in [-0.4, -0.2) is 37.2 Å². The third-order valence-corrected chi connectivity index (χ3v) is 12.9. The normalized spacial score (nSPS) is 12.1. The molecule has 0 aromatic rings. The van der Waals surface area contributed by atoms with Crippen molar-refractivity contribution in [2.45, 2.75) is 322 Å². The summed E-state index contributed by atoms with van der Waals surface area (Å²) in [5.41, 5.74) is 0. The van der Waals surface area contributed by atoms with Crippen LogP contribution in [0.3, 0.4) is 0 Å². The number of hydrogen-bond donors (Lipinski definition) is 0. The molecule has 0 bridgehead atoms. The number of ether oxygens (including phenoxy) is 3. The standard InChI is InChI=1S/C59H110O6/c1-4-7-10-13-16-19-22-25-28-29-30-32-34-37-40-43-46-49-52-58(61)64-55-56(54-63-57(60)51-48-45-42-39-36-33-27-24-21-18-15-12-9-6-3)65-59(62)53-50-47-44-41-38-35-31-26-23-20-17-14-11-8-5-2/h20,23,33,36,56H,4-19,21-22,24-32,34-35,37-55H2,1-3H3/b23-20-,36-33-. The van der Waals surface area contributed by atoms with Gasteiger partial charge in [-0.25, -0.2) is 0 Å². The van der Waals surface area contributed by atoms with Crippen LogP contribution in [0.15, 0.2) is 24.3 Å². The van der Waals surface area contributed by atoms with Crippen LogP contribution in [0.4, 0.5) is 0 Å². The zero-order chi connectivity index (χ0) is 47.2. The highest BCUT2D eigenvalue weighted by molar-refractivity contribution is 5.71. The second-order valence-electron chi connectivity index (χ2n) is 19.6. The Morgan fingerprint density at radius 2 is 0.508 bits per heavy atom.